The molecule has 0 bridgehead atoms. The minimum atomic E-state index is 0.761. The van der Waals surface area contributed by atoms with Crippen LogP contribution in [0.15, 0.2) is 11.0 Å². The van der Waals surface area contributed by atoms with Crippen LogP contribution in [0.5, 0.6) is 0 Å². The van der Waals surface area contributed by atoms with Gasteiger partial charge in [-0.25, -0.2) is 0 Å². The molecule has 0 amide bonds. The highest BCUT2D eigenvalue weighted by Crippen LogP contribution is 2.44. The van der Waals surface area contributed by atoms with Gasteiger partial charge in [0.15, 0.2) is 0 Å². The third-order valence-electron chi connectivity index (χ3n) is 5.02. The van der Waals surface area contributed by atoms with Gasteiger partial charge in [-0.2, -0.15) is 0 Å². The highest BCUT2D eigenvalue weighted by atomic mass is 32.2. The van der Waals surface area contributed by atoms with Crippen LogP contribution in [0, 0.1) is 17.8 Å². The van der Waals surface area contributed by atoms with Gasteiger partial charge in [-0.3, -0.25) is 0 Å². The standard InChI is InChI=1S/C18H33NS/c1-6-19-9-7-8-16(19)11-14(4)18-12-15(5)17(20-18)10-13(2)3/h12-17H,6-11H2,1-5H3. The van der Waals surface area contributed by atoms with E-state index in [0.717, 1.165) is 29.0 Å². The van der Waals surface area contributed by atoms with E-state index in [0.29, 0.717) is 0 Å². The lowest BCUT2D eigenvalue weighted by Gasteiger charge is -2.26. The topological polar surface area (TPSA) is 3.24 Å². The van der Waals surface area contributed by atoms with Gasteiger partial charge in [0.1, 0.15) is 0 Å². The Hall–Kier alpha value is 0.0500. The summed E-state index contributed by atoms with van der Waals surface area (Å²) >= 11 is 2.19. The monoisotopic (exact) mass is 295 g/mol. The van der Waals surface area contributed by atoms with E-state index in [2.05, 4.69) is 57.4 Å². The maximum absolute atomic E-state index is 2.69. The molecule has 0 aromatic heterocycles. The van der Waals surface area contributed by atoms with Crippen molar-refractivity contribution in [2.24, 2.45) is 17.8 Å². The predicted molar refractivity (Wildman–Crippen MR) is 92.1 cm³/mol. The molecule has 1 nitrogen and oxygen atoms in total. The van der Waals surface area contributed by atoms with E-state index < -0.39 is 0 Å². The molecule has 0 aromatic carbocycles. The molecular formula is C18H33NS. The van der Waals surface area contributed by atoms with E-state index in [1.165, 1.54) is 38.8 Å². The summed E-state index contributed by atoms with van der Waals surface area (Å²) < 4.78 is 0. The number of hydrogen-bond donors (Lipinski definition) is 0. The van der Waals surface area contributed by atoms with Gasteiger partial charge in [0.25, 0.3) is 0 Å². The fourth-order valence-electron chi connectivity index (χ4n) is 3.80. The largest absolute Gasteiger partial charge is 0.301 e. The normalized spacial score (nSPS) is 32.9. The van der Waals surface area contributed by atoms with Crippen molar-refractivity contribution >= 4 is 11.8 Å². The van der Waals surface area contributed by atoms with Crippen molar-refractivity contribution in [1.29, 1.82) is 0 Å². The summed E-state index contributed by atoms with van der Waals surface area (Å²) in [4.78, 5) is 4.37. The maximum atomic E-state index is 2.69. The van der Waals surface area contributed by atoms with E-state index in [-0.39, 0.29) is 0 Å². The van der Waals surface area contributed by atoms with Crippen molar-refractivity contribution < 1.29 is 0 Å². The molecule has 2 aliphatic heterocycles. The number of rotatable bonds is 6. The summed E-state index contributed by atoms with van der Waals surface area (Å²) in [6.07, 6.45) is 8.13. The predicted octanol–water partition coefficient (Wildman–Crippen LogP) is 5.18. The van der Waals surface area contributed by atoms with Crippen molar-refractivity contribution in [3.8, 4) is 0 Å². The summed E-state index contributed by atoms with van der Waals surface area (Å²) in [6.45, 7) is 14.4. The van der Waals surface area contributed by atoms with Crippen molar-refractivity contribution in [3.63, 3.8) is 0 Å². The fourth-order valence-corrected chi connectivity index (χ4v) is 5.54. The molecule has 2 heterocycles. The Kier molecular flexibility index (Phi) is 6.04. The van der Waals surface area contributed by atoms with Crippen LogP contribution in [-0.4, -0.2) is 29.3 Å². The first-order valence-electron chi connectivity index (χ1n) is 8.63. The molecule has 0 saturated carbocycles. The molecule has 0 aliphatic carbocycles. The average molecular weight is 296 g/mol. The fraction of sp³-hybridized carbons (Fsp3) is 0.889. The van der Waals surface area contributed by atoms with Crippen LogP contribution in [-0.2, 0) is 0 Å². The zero-order valence-corrected chi connectivity index (χ0v) is 14.9. The third kappa shape index (κ3) is 4.04. The second-order valence-electron chi connectivity index (χ2n) is 7.28. The Morgan fingerprint density at radius 1 is 1.30 bits per heavy atom. The highest BCUT2D eigenvalue weighted by molar-refractivity contribution is 8.03. The van der Waals surface area contributed by atoms with Crippen molar-refractivity contribution in [1.82, 2.24) is 4.90 Å². The van der Waals surface area contributed by atoms with Gasteiger partial charge in [0, 0.05) is 11.3 Å². The number of hydrogen-bond acceptors (Lipinski definition) is 2. The molecule has 0 spiro atoms. The average Bonchev–Trinajstić information content (AvgIpc) is 2.96. The van der Waals surface area contributed by atoms with Crippen molar-refractivity contribution in [2.45, 2.75) is 71.6 Å². The Balaban J connectivity index is 1.87. The van der Waals surface area contributed by atoms with Gasteiger partial charge in [-0.05, 0) is 61.4 Å². The first-order valence-corrected chi connectivity index (χ1v) is 9.51. The summed E-state index contributed by atoms with van der Waals surface area (Å²) in [7, 11) is 0. The number of likely N-dealkylation sites (tertiary alicyclic amines) is 1. The van der Waals surface area contributed by atoms with Crippen LogP contribution in [0.25, 0.3) is 0 Å². The summed E-state index contributed by atoms with van der Waals surface area (Å²) in [6, 6.07) is 0.843. The summed E-state index contributed by atoms with van der Waals surface area (Å²) in [5, 5.41) is 0.832. The number of nitrogens with zero attached hydrogens (tertiary/aromatic N) is 1. The van der Waals surface area contributed by atoms with Gasteiger partial charge < -0.3 is 4.90 Å². The van der Waals surface area contributed by atoms with Crippen LogP contribution in [0.1, 0.15) is 60.3 Å². The molecule has 0 aromatic rings. The van der Waals surface area contributed by atoms with E-state index in [1.54, 1.807) is 4.91 Å². The van der Waals surface area contributed by atoms with Crippen molar-refractivity contribution in [3.05, 3.63) is 11.0 Å². The summed E-state index contributed by atoms with van der Waals surface area (Å²) in [5.74, 6) is 2.35. The molecule has 116 valence electrons. The lowest BCUT2D eigenvalue weighted by Crippen LogP contribution is -2.30. The van der Waals surface area contributed by atoms with Crippen LogP contribution >= 0.6 is 11.8 Å². The SMILES string of the molecule is CCN1CCCC1CC(C)C1=CC(C)C(CC(C)C)S1. The van der Waals surface area contributed by atoms with Crippen LogP contribution < -0.4 is 0 Å². The Morgan fingerprint density at radius 2 is 2.05 bits per heavy atom. The Labute approximate surface area is 130 Å². The van der Waals surface area contributed by atoms with Gasteiger partial charge in [0.05, 0.1) is 0 Å². The molecule has 1 saturated heterocycles. The minimum Gasteiger partial charge on any atom is -0.301 e. The second kappa shape index (κ2) is 7.35. The van der Waals surface area contributed by atoms with Crippen LogP contribution in [0.4, 0.5) is 0 Å². The number of allylic oxidation sites excluding steroid dienone is 2. The second-order valence-corrected chi connectivity index (χ2v) is 8.59. The maximum Gasteiger partial charge on any atom is 0.0154 e. The molecule has 1 fully saturated rings. The molecule has 0 radical (unpaired) electrons. The van der Waals surface area contributed by atoms with Gasteiger partial charge in [-0.15, -0.1) is 11.8 Å². The third-order valence-corrected chi connectivity index (χ3v) is 6.76. The first-order chi connectivity index (χ1) is 9.51. The van der Waals surface area contributed by atoms with Crippen molar-refractivity contribution in [2.75, 3.05) is 13.1 Å². The molecular weight excluding hydrogens is 262 g/mol. The minimum absolute atomic E-state index is 0.761. The quantitative estimate of drug-likeness (QED) is 0.664. The highest BCUT2D eigenvalue weighted by Gasteiger charge is 2.31. The zero-order valence-electron chi connectivity index (χ0n) is 14.1. The molecule has 0 N–H and O–H groups in total. The molecule has 2 heteroatoms. The lowest BCUT2D eigenvalue weighted by atomic mass is 9.95. The lowest BCUT2D eigenvalue weighted by molar-refractivity contribution is 0.242. The number of thioether (sulfide) groups is 1. The molecule has 2 aliphatic rings. The Bertz CT molecular complexity index is 336. The zero-order chi connectivity index (χ0) is 14.7. The van der Waals surface area contributed by atoms with E-state index in [4.69, 9.17) is 0 Å². The Morgan fingerprint density at radius 3 is 2.70 bits per heavy atom. The van der Waals surface area contributed by atoms with E-state index in [1.807, 2.05) is 0 Å². The van der Waals surface area contributed by atoms with E-state index >= 15 is 0 Å². The molecule has 2 rings (SSSR count). The molecule has 4 unspecified atom stereocenters. The van der Waals surface area contributed by atoms with E-state index in [9.17, 15) is 0 Å². The first kappa shape index (κ1) is 16.4. The van der Waals surface area contributed by atoms with Gasteiger partial charge in [-0.1, -0.05) is 40.7 Å². The van der Waals surface area contributed by atoms with Gasteiger partial charge in [0.2, 0.25) is 0 Å². The van der Waals surface area contributed by atoms with Gasteiger partial charge >= 0.3 is 0 Å². The van der Waals surface area contributed by atoms with Crippen LogP contribution in [0.3, 0.4) is 0 Å². The smallest absolute Gasteiger partial charge is 0.0154 e. The molecule has 4 atom stereocenters. The summed E-state index contributed by atoms with van der Waals surface area (Å²) in [5.41, 5.74) is 0. The molecule has 20 heavy (non-hydrogen) atoms. The van der Waals surface area contributed by atoms with Crippen LogP contribution in [0.2, 0.25) is 0 Å².